The minimum absolute atomic E-state index is 0.0791. The molecular weight excluding hydrogens is 402 g/mol. The van der Waals surface area contributed by atoms with Gasteiger partial charge in [0.2, 0.25) is 0 Å². The van der Waals surface area contributed by atoms with Crippen LogP contribution >= 0.6 is 0 Å². The monoisotopic (exact) mass is 429 g/mol. The lowest BCUT2D eigenvalue weighted by Crippen LogP contribution is -2.41. The fraction of sp³-hybridized carbons (Fsp3) is 0.320. The molecule has 1 N–H and O–H groups in total. The van der Waals surface area contributed by atoms with E-state index in [9.17, 15) is 9.59 Å². The Hall–Kier alpha value is -3.61. The number of hydrogen-bond donors (Lipinski definition) is 1. The van der Waals surface area contributed by atoms with Crippen molar-refractivity contribution in [3.05, 3.63) is 88.5 Å². The second kappa shape index (κ2) is 8.49. The van der Waals surface area contributed by atoms with Crippen LogP contribution in [0.25, 0.3) is 10.9 Å². The van der Waals surface area contributed by atoms with Gasteiger partial charge in [0.25, 0.3) is 11.5 Å². The normalized spacial score (nSPS) is 16.2. The Kier molecular flexibility index (Phi) is 5.39. The minimum atomic E-state index is -0.205. The number of aromatic nitrogens is 4. The third kappa shape index (κ3) is 3.75. The van der Waals surface area contributed by atoms with Gasteiger partial charge in [-0.05, 0) is 49.4 Å². The van der Waals surface area contributed by atoms with Crippen LogP contribution in [0.2, 0.25) is 0 Å². The Morgan fingerprint density at radius 2 is 2.09 bits per heavy atom. The third-order valence-corrected chi connectivity index (χ3v) is 6.50. The van der Waals surface area contributed by atoms with E-state index in [1.807, 2.05) is 53.0 Å². The van der Waals surface area contributed by atoms with E-state index >= 15 is 0 Å². The molecule has 1 amide bonds. The number of H-pyrrole nitrogens is 1. The van der Waals surface area contributed by atoms with Gasteiger partial charge < -0.3 is 19.0 Å². The molecule has 1 unspecified atom stereocenters. The number of nitrogens with zero attached hydrogens (tertiary/aromatic N) is 4. The zero-order chi connectivity index (χ0) is 22.1. The quantitative estimate of drug-likeness (QED) is 0.511. The van der Waals surface area contributed by atoms with Gasteiger partial charge in [0.1, 0.15) is 5.56 Å². The van der Waals surface area contributed by atoms with Gasteiger partial charge in [-0.1, -0.05) is 18.2 Å². The molecule has 32 heavy (non-hydrogen) atoms. The Morgan fingerprint density at radius 1 is 1.22 bits per heavy atom. The van der Waals surface area contributed by atoms with Gasteiger partial charge >= 0.3 is 0 Å². The van der Waals surface area contributed by atoms with Crippen LogP contribution in [0.5, 0.6) is 0 Å². The predicted octanol–water partition coefficient (Wildman–Crippen LogP) is 3.38. The minimum Gasteiger partial charge on any atom is -0.361 e. The van der Waals surface area contributed by atoms with Crippen LogP contribution in [0.3, 0.4) is 0 Å². The summed E-state index contributed by atoms with van der Waals surface area (Å²) in [4.78, 5) is 36.0. The number of fused-ring (bicyclic) bond motifs is 1. The lowest BCUT2D eigenvalue weighted by Gasteiger charge is -2.25. The van der Waals surface area contributed by atoms with Crippen LogP contribution in [0.15, 0.2) is 66.2 Å². The third-order valence-electron chi connectivity index (χ3n) is 6.50. The zero-order valence-corrected chi connectivity index (χ0v) is 18.2. The molecule has 1 aromatic carbocycles. The molecular formula is C25H27N5O2. The van der Waals surface area contributed by atoms with Crippen molar-refractivity contribution in [2.45, 2.75) is 45.3 Å². The lowest BCUT2D eigenvalue weighted by molar-refractivity contribution is 0.0721. The summed E-state index contributed by atoms with van der Waals surface area (Å²) in [6.45, 7) is 3.76. The molecule has 0 radical (unpaired) electrons. The van der Waals surface area contributed by atoms with Crippen molar-refractivity contribution in [3.8, 4) is 0 Å². The Labute approximate surface area is 186 Å². The molecule has 3 aromatic heterocycles. The molecule has 0 bridgehead atoms. The van der Waals surface area contributed by atoms with E-state index in [1.165, 1.54) is 10.9 Å². The molecule has 7 heteroatoms. The number of nitrogens with one attached hydrogen (secondary N) is 1. The van der Waals surface area contributed by atoms with Crippen LogP contribution in [0, 0.1) is 6.92 Å². The molecule has 0 spiro atoms. The maximum Gasteiger partial charge on any atom is 0.263 e. The molecule has 7 nitrogen and oxygen atoms in total. The van der Waals surface area contributed by atoms with Crippen molar-refractivity contribution in [1.29, 1.82) is 0 Å². The van der Waals surface area contributed by atoms with Gasteiger partial charge in [-0.25, -0.2) is 4.98 Å². The summed E-state index contributed by atoms with van der Waals surface area (Å²) >= 11 is 0. The maximum absolute atomic E-state index is 13.5. The summed E-state index contributed by atoms with van der Waals surface area (Å²) in [6, 6.07) is 10.1. The molecule has 1 aliphatic heterocycles. The molecule has 1 aliphatic rings. The highest BCUT2D eigenvalue weighted by Gasteiger charge is 2.32. The first-order chi connectivity index (χ1) is 15.6. The number of rotatable bonds is 6. The number of pyridine rings is 1. The van der Waals surface area contributed by atoms with Crippen molar-refractivity contribution >= 4 is 16.8 Å². The summed E-state index contributed by atoms with van der Waals surface area (Å²) in [5.74, 6) is -0.156. The van der Waals surface area contributed by atoms with Crippen molar-refractivity contribution in [2.75, 3.05) is 6.54 Å². The average molecular weight is 430 g/mol. The van der Waals surface area contributed by atoms with E-state index in [0.29, 0.717) is 31.6 Å². The molecule has 1 saturated heterocycles. The van der Waals surface area contributed by atoms with Crippen LogP contribution in [-0.2, 0) is 19.5 Å². The largest absolute Gasteiger partial charge is 0.361 e. The highest BCUT2D eigenvalue weighted by molar-refractivity contribution is 5.95. The second-order valence-corrected chi connectivity index (χ2v) is 8.54. The van der Waals surface area contributed by atoms with Crippen LogP contribution in [0.1, 0.15) is 34.3 Å². The number of hydrogen-bond acceptors (Lipinski definition) is 3. The van der Waals surface area contributed by atoms with Crippen LogP contribution in [-0.4, -0.2) is 42.5 Å². The molecule has 1 fully saturated rings. The summed E-state index contributed by atoms with van der Waals surface area (Å²) < 4.78 is 3.66. The Morgan fingerprint density at radius 3 is 2.94 bits per heavy atom. The molecule has 0 saturated carbocycles. The van der Waals surface area contributed by atoms with Gasteiger partial charge in [0, 0.05) is 55.3 Å². The van der Waals surface area contributed by atoms with Gasteiger partial charge in [-0.3, -0.25) is 9.59 Å². The van der Waals surface area contributed by atoms with E-state index in [4.69, 9.17) is 0 Å². The Balaban J connectivity index is 1.38. The molecule has 4 heterocycles. The highest BCUT2D eigenvalue weighted by Crippen LogP contribution is 2.22. The van der Waals surface area contributed by atoms with Gasteiger partial charge in [-0.2, -0.15) is 0 Å². The van der Waals surface area contributed by atoms with Crippen LogP contribution < -0.4 is 5.56 Å². The van der Waals surface area contributed by atoms with Gasteiger partial charge in [-0.15, -0.1) is 0 Å². The van der Waals surface area contributed by atoms with Crippen molar-refractivity contribution in [1.82, 2.24) is 24.0 Å². The summed E-state index contributed by atoms with van der Waals surface area (Å²) in [5.41, 5.74) is 3.08. The number of likely N-dealkylation sites (tertiary alicyclic amines) is 1. The second-order valence-electron chi connectivity index (χ2n) is 8.54. The standard InChI is InChI=1S/C25H27N5O2/c1-18-8-12-29(13-9-19-15-27-22-7-3-2-6-21(19)22)24(31)23(18)25(32)30-11-4-5-20(30)16-28-14-10-26-17-28/h2-3,6-8,10,12,14-15,17,20,27H,4-5,9,11,13,16H2,1H3. The molecule has 1 atom stereocenters. The first-order valence-electron chi connectivity index (χ1n) is 11.1. The van der Waals surface area contributed by atoms with Crippen molar-refractivity contribution in [2.24, 2.45) is 0 Å². The number of aryl methyl sites for hydroxylation is 3. The molecule has 164 valence electrons. The smallest absolute Gasteiger partial charge is 0.263 e. The summed E-state index contributed by atoms with van der Waals surface area (Å²) in [6.07, 6.45) is 11.8. The van der Waals surface area contributed by atoms with E-state index in [1.54, 1.807) is 23.3 Å². The number of imidazole rings is 1. The number of carbonyl (C=O) groups is 1. The van der Waals surface area contributed by atoms with Gasteiger partial charge in [0.05, 0.1) is 12.4 Å². The van der Waals surface area contributed by atoms with Crippen molar-refractivity contribution in [3.63, 3.8) is 0 Å². The topological polar surface area (TPSA) is 75.9 Å². The zero-order valence-electron chi connectivity index (χ0n) is 18.2. The van der Waals surface area contributed by atoms with E-state index < -0.39 is 0 Å². The molecule has 5 rings (SSSR count). The highest BCUT2D eigenvalue weighted by atomic mass is 16.2. The lowest BCUT2D eigenvalue weighted by atomic mass is 10.1. The maximum atomic E-state index is 13.5. The average Bonchev–Trinajstić information content (AvgIpc) is 3.55. The SMILES string of the molecule is Cc1ccn(CCc2c[nH]c3ccccc23)c(=O)c1C(=O)N1CCCC1Cn1ccnc1. The van der Waals surface area contributed by atoms with Crippen LogP contribution in [0.4, 0.5) is 0 Å². The number of amides is 1. The summed E-state index contributed by atoms with van der Waals surface area (Å²) in [7, 11) is 0. The molecule has 4 aromatic rings. The van der Waals surface area contributed by atoms with Crippen molar-refractivity contribution < 1.29 is 4.79 Å². The van der Waals surface area contributed by atoms with E-state index in [2.05, 4.69) is 16.0 Å². The first kappa shape index (κ1) is 20.3. The predicted molar refractivity (Wildman–Crippen MR) is 124 cm³/mol. The van der Waals surface area contributed by atoms with E-state index in [0.717, 1.165) is 23.9 Å². The number of benzene rings is 1. The van der Waals surface area contributed by atoms with E-state index in [-0.39, 0.29) is 17.5 Å². The fourth-order valence-electron chi connectivity index (χ4n) is 4.76. The van der Waals surface area contributed by atoms with Gasteiger partial charge in [0.15, 0.2) is 0 Å². The Bertz CT molecular complexity index is 1300. The summed E-state index contributed by atoms with van der Waals surface area (Å²) in [5, 5.41) is 1.17. The fourth-order valence-corrected chi connectivity index (χ4v) is 4.76. The number of carbonyl (C=O) groups excluding carboxylic acids is 1. The number of para-hydroxylation sites is 1. The first-order valence-corrected chi connectivity index (χ1v) is 11.1. The number of aromatic amines is 1. The molecule has 0 aliphatic carbocycles.